The predicted molar refractivity (Wildman–Crippen MR) is 86.9 cm³/mol. The number of ether oxygens (including phenoxy) is 1. The fourth-order valence-corrected chi connectivity index (χ4v) is 2.23. The number of nitrogens with zero attached hydrogens (tertiary/aromatic N) is 1. The van der Waals surface area contributed by atoms with Crippen molar-refractivity contribution in [2.75, 3.05) is 6.61 Å². The summed E-state index contributed by atoms with van der Waals surface area (Å²) in [7, 11) is 0. The molecule has 0 amide bonds. The molecule has 0 bridgehead atoms. The summed E-state index contributed by atoms with van der Waals surface area (Å²) in [5, 5.41) is 0. The zero-order chi connectivity index (χ0) is 16.1. The summed E-state index contributed by atoms with van der Waals surface area (Å²) in [6, 6.07) is 16.7. The molecule has 0 fully saturated rings. The van der Waals surface area contributed by atoms with Crippen LogP contribution in [0.4, 0.5) is 0 Å². The summed E-state index contributed by atoms with van der Waals surface area (Å²) in [6.07, 6.45) is 3.62. The van der Waals surface area contributed by atoms with E-state index in [4.69, 9.17) is 9.15 Å². The number of carbonyl (C=O) groups is 1. The van der Waals surface area contributed by atoms with Crippen LogP contribution in [0, 0.1) is 0 Å². The number of fused-ring (bicyclic) bond motifs is 1. The molecule has 0 N–H and O–H groups in total. The summed E-state index contributed by atoms with van der Waals surface area (Å²) in [6.45, 7) is -0.0205. The van der Waals surface area contributed by atoms with Crippen LogP contribution >= 0.6 is 0 Å². The minimum Gasteiger partial charge on any atom is -0.460 e. The standard InChI is InChI=1S/C18H15NO4/c20-17(22-12-6-9-14-7-2-1-3-8-14)13-19-15-10-4-5-11-16(15)23-18(19)21/h1-11H,12-13H2/b9-6+. The Labute approximate surface area is 132 Å². The van der Waals surface area contributed by atoms with E-state index in [1.807, 2.05) is 36.4 Å². The number of para-hydroxylation sites is 2. The Hall–Kier alpha value is -3.08. The summed E-state index contributed by atoms with van der Waals surface area (Å²) < 4.78 is 11.4. The quantitative estimate of drug-likeness (QED) is 0.680. The highest BCUT2D eigenvalue weighted by Crippen LogP contribution is 2.11. The molecule has 3 rings (SSSR count). The van der Waals surface area contributed by atoms with Crippen LogP contribution in [0.1, 0.15) is 5.56 Å². The molecule has 0 aliphatic rings. The molecule has 0 spiro atoms. The molecule has 0 aliphatic heterocycles. The van der Waals surface area contributed by atoms with Crippen LogP contribution in [-0.4, -0.2) is 17.1 Å². The molecule has 0 aliphatic carbocycles. The van der Waals surface area contributed by atoms with Gasteiger partial charge in [0.15, 0.2) is 5.58 Å². The first-order chi connectivity index (χ1) is 11.2. The average molecular weight is 309 g/mol. The van der Waals surface area contributed by atoms with Gasteiger partial charge >= 0.3 is 11.7 Å². The van der Waals surface area contributed by atoms with Gasteiger partial charge < -0.3 is 9.15 Å². The first kappa shape index (κ1) is 14.8. The van der Waals surface area contributed by atoms with Crippen molar-refractivity contribution in [3.05, 3.63) is 76.8 Å². The molecule has 0 radical (unpaired) electrons. The molecule has 23 heavy (non-hydrogen) atoms. The van der Waals surface area contributed by atoms with Gasteiger partial charge in [-0.25, -0.2) is 4.79 Å². The van der Waals surface area contributed by atoms with Gasteiger partial charge in [-0.3, -0.25) is 9.36 Å². The van der Waals surface area contributed by atoms with E-state index >= 15 is 0 Å². The Bertz CT molecular complexity index is 890. The van der Waals surface area contributed by atoms with Crippen molar-refractivity contribution in [2.45, 2.75) is 6.54 Å². The van der Waals surface area contributed by atoms with Crippen LogP contribution in [0.5, 0.6) is 0 Å². The third-order valence-corrected chi connectivity index (χ3v) is 3.31. The molecule has 0 saturated heterocycles. The minimum atomic E-state index is -0.567. The first-order valence-electron chi connectivity index (χ1n) is 7.19. The summed E-state index contributed by atoms with van der Waals surface area (Å²) in [5.41, 5.74) is 2.06. The molecule has 116 valence electrons. The van der Waals surface area contributed by atoms with Gasteiger partial charge in [0.1, 0.15) is 13.2 Å². The number of carbonyl (C=O) groups excluding carboxylic acids is 1. The van der Waals surface area contributed by atoms with Gasteiger partial charge in [0.25, 0.3) is 0 Å². The Morgan fingerprint density at radius 2 is 1.83 bits per heavy atom. The Morgan fingerprint density at radius 1 is 1.09 bits per heavy atom. The second kappa shape index (κ2) is 6.79. The fraction of sp³-hybridized carbons (Fsp3) is 0.111. The Kier molecular flexibility index (Phi) is 4.38. The number of hydrogen-bond acceptors (Lipinski definition) is 4. The van der Waals surface area contributed by atoms with Crippen molar-refractivity contribution in [3.8, 4) is 0 Å². The maximum atomic E-state index is 11.9. The number of hydrogen-bond donors (Lipinski definition) is 0. The minimum absolute atomic E-state index is 0.151. The van der Waals surface area contributed by atoms with Gasteiger partial charge in [0, 0.05) is 0 Å². The van der Waals surface area contributed by atoms with Gasteiger partial charge in [-0.1, -0.05) is 48.5 Å². The molecule has 1 aromatic heterocycles. The highest BCUT2D eigenvalue weighted by atomic mass is 16.5. The van der Waals surface area contributed by atoms with Crippen molar-refractivity contribution in [3.63, 3.8) is 0 Å². The molecule has 3 aromatic rings. The van der Waals surface area contributed by atoms with E-state index in [2.05, 4.69) is 0 Å². The van der Waals surface area contributed by atoms with E-state index in [1.54, 1.807) is 30.3 Å². The third kappa shape index (κ3) is 3.58. The van der Waals surface area contributed by atoms with Crippen molar-refractivity contribution in [2.24, 2.45) is 0 Å². The highest BCUT2D eigenvalue weighted by molar-refractivity contribution is 5.76. The van der Waals surface area contributed by atoms with Crippen LogP contribution in [-0.2, 0) is 16.1 Å². The normalized spacial score (nSPS) is 11.1. The molecule has 5 heteroatoms. The summed E-state index contributed by atoms with van der Waals surface area (Å²) in [4.78, 5) is 23.6. The smallest absolute Gasteiger partial charge is 0.420 e. The topological polar surface area (TPSA) is 61.4 Å². The zero-order valence-electron chi connectivity index (χ0n) is 12.3. The van der Waals surface area contributed by atoms with E-state index in [0.29, 0.717) is 11.1 Å². The number of benzene rings is 2. The summed E-state index contributed by atoms with van der Waals surface area (Å²) >= 11 is 0. The van der Waals surface area contributed by atoms with Crippen LogP contribution in [0.25, 0.3) is 17.2 Å². The van der Waals surface area contributed by atoms with Crippen LogP contribution in [0.15, 0.2) is 69.9 Å². The lowest BCUT2D eigenvalue weighted by Gasteiger charge is -2.02. The monoisotopic (exact) mass is 309 g/mol. The van der Waals surface area contributed by atoms with Crippen LogP contribution in [0.3, 0.4) is 0 Å². The fourth-order valence-electron chi connectivity index (χ4n) is 2.23. The maximum absolute atomic E-state index is 11.9. The van der Waals surface area contributed by atoms with Crippen LogP contribution < -0.4 is 5.76 Å². The lowest BCUT2D eigenvalue weighted by Crippen LogP contribution is -2.21. The molecule has 1 heterocycles. The largest absolute Gasteiger partial charge is 0.460 e. The van der Waals surface area contributed by atoms with E-state index in [-0.39, 0.29) is 13.2 Å². The Balaban J connectivity index is 1.60. The van der Waals surface area contributed by atoms with Crippen LogP contribution in [0.2, 0.25) is 0 Å². The maximum Gasteiger partial charge on any atom is 0.420 e. The van der Waals surface area contributed by atoms with E-state index in [9.17, 15) is 9.59 Å². The van der Waals surface area contributed by atoms with Crippen molar-refractivity contribution < 1.29 is 13.9 Å². The average Bonchev–Trinajstić information content (AvgIpc) is 2.88. The van der Waals surface area contributed by atoms with E-state index in [1.165, 1.54) is 4.57 Å². The number of esters is 1. The van der Waals surface area contributed by atoms with Crippen molar-refractivity contribution in [1.29, 1.82) is 0 Å². The molecule has 5 nitrogen and oxygen atoms in total. The second-order valence-electron chi connectivity index (χ2n) is 4.92. The molecule has 0 saturated carbocycles. The summed E-state index contributed by atoms with van der Waals surface area (Å²) in [5.74, 6) is -1.06. The second-order valence-corrected chi connectivity index (χ2v) is 4.92. The first-order valence-corrected chi connectivity index (χ1v) is 7.19. The predicted octanol–water partition coefficient (Wildman–Crippen LogP) is 2.85. The third-order valence-electron chi connectivity index (χ3n) is 3.31. The van der Waals surface area contributed by atoms with Gasteiger partial charge in [0.2, 0.25) is 0 Å². The van der Waals surface area contributed by atoms with E-state index < -0.39 is 11.7 Å². The lowest BCUT2D eigenvalue weighted by molar-refractivity contribution is -0.143. The van der Waals surface area contributed by atoms with E-state index in [0.717, 1.165) is 5.56 Å². The molecule has 0 unspecified atom stereocenters. The number of aromatic nitrogens is 1. The zero-order valence-corrected chi connectivity index (χ0v) is 12.3. The van der Waals surface area contributed by atoms with Crippen molar-refractivity contribution >= 4 is 23.1 Å². The van der Waals surface area contributed by atoms with Gasteiger partial charge in [-0.05, 0) is 23.8 Å². The molecule has 2 aromatic carbocycles. The molecular formula is C18H15NO4. The van der Waals surface area contributed by atoms with Gasteiger partial charge in [0.05, 0.1) is 5.52 Å². The number of oxazole rings is 1. The van der Waals surface area contributed by atoms with Gasteiger partial charge in [-0.15, -0.1) is 0 Å². The number of rotatable bonds is 5. The SMILES string of the molecule is O=C(Cn1c(=O)oc2ccccc21)OC/C=C/c1ccccc1. The molecule has 0 atom stereocenters. The van der Waals surface area contributed by atoms with Crippen molar-refractivity contribution in [1.82, 2.24) is 4.57 Å². The van der Waals surface area contributed by atoms with Gasteiger partial charge in [-0.2, -0.15) is 0 Å². The molecular weight excluding hydrogens is 294 g/mol. The lowest BCUT2D eigenvalue weighted by atomic mass is 10.2. The highest BCUT2D eigenvalue weighted by Gasteiger charge is 2.12. The Morgan fingerprint density at radius 3 is 2.65 bits per heavy atom.